The first kappa shape index (κ1) is 27.4. The second-order valence-electron chi connectivity index (χ2n) is 4.28. The van der Waals surface area contributed by atoms with E-state index in [9.17, 15) is 28.3 Å². The van der Waals surface area contributed by atoms with Crippen LogP contribution in [0.2, 0.25) is 0 Å². The summed E-state index contributed by atoms with van der Waals surface area (Å²) in [4.78, 5) is 0. The van der Waals surface area contributed by atoms with Crippen molar-refractivity contribution in [1.82, 2.24) is 0 Å². The standard InChI is InChI=1S/C10H17NO9S2.ClH.K/c1-2-3-6(11-20-22(16,17)18)21-10-9(15)8(14)7(13)5(4-12)19-10;;/h2,5,7-10,12-15H,1,3-4H2,(H,16,17,18);1H;/q;;+1/p-1/b11-6+;;/t5-,7-,8+,9-,10+;;/m1../s1. The predicted molar refractivity (Wildman–Crippen MR) is 81.6 cm³/mol. The number of hydrogen-bond acceptors (Lipinski definition) is 11. The summed E-state index contributed by atoms with van der Waals surface area (Å²) in [6.07, 6.45) is -4.44. The van der Waals surface area contributed by atoms with Crippen molar-refractivity contribution in [3.05, 3.63) is 12.7 Å². The molecule has 24 heavy (non-hydrogen) atoms. The van der Waals surface area contributed by atoms with Crippen LogP contribution >= 0.6 is 24.2 Å². The third-order valence-electron chi connectivity index (χ3n) is 2.65. The van der Waals surface area contributed by atoms with Crippen LogP contribution in [0.1, 0.15) is 6.42 Å². The largest absolute Gasteiger partial charge is 1.00 e. The van der Waals surface area contributed by atoms with Gasteiger partial charge in [0.1, 0.15) is 34.9 Å². The van der Waals surface area contributed by atoms with Crippen molar-refractivity contribution in [2.45, 2.75) is 36.3 Å². The van der Waals surface area contributed by atoms with Crippen LogP contribution < -0.4 is 51.4 Å². The van der Waals surface area contributed by atoms with Gasteiger partial charge in [0.05, 0.1) is 6.61 Å². The van der Waals surface area contributed by atoms with Crippen molar-refractivity contribution < 1.29 is 93.8 Å². The minimum atomic E-state index is -5.04. The summed E-state index contributed by atoms with van der Waals surface area (Å²) < 4.78 is 40.1. The number of aliphatic hydroxyl groups excluding tert-OH is 4. The quantitative estimate of drug-likeness (QED) is 0.0607. The third-order valence-corrected chi connectivity index (χ3v) is 4.04. The molecular formula is C10H17ClKNO9S2. The van der Waals surface area contributed by atoms with E-state index in [1.54, 1.807) is 0 Å². The van der Waals surface area contributed by atoms with Gasteiger partial charge in [-0.3, -0.25) is 4.28 Å². The number of nitrogens with zero attached hydrogens (tertiary/aromatic N) is 1. The van der Waals surface area contributed by atoms with Gasteiger partial charge in [0, 0.05) is 6.42 Å². The van der Waals surface area contributed by atoms with Gasteiger partial charge in [0.2, 0.25) is 0 Å². The molecule has 1 fully saturated rings. The smallest absolute Gasteiger partial charge is 0.714 e. The molecule has 1 rings (SSSR count). The molecule has 0 saturated carbocycles. The number of oxime groups is 1. The molecule has 0 aromatic heterocycles. The van der Waals surface area contributed by atoms with Crippen molar-refractivity contribution in [2.75, 3.05) is 6.61 Å². The summed E-state index contributed by atoms with van der Waals surface area (Å²) in [5.74, 6) is 0. The molecule has 0 aliphatic carbocycles. The van der Waals surface area contributed by atoms with E-state index in [0.717, 1.165) is 0 Å². The molecule has 1 aliphatic heterocycles. The van der Waals surface area contributed by atoms with E-state index in [1.807, 2.05) is 0 Å². The Balaban J connectivity index is 0. The average Bonchev–Trinajstić information content (AvgIpc) is 2.44. The third kappa shape index (κ3) is 8.72. The van der Waals surface area contributed by atoms with Crippen LogP contribution in [0.25, 0.3) is 0 Å². The molecule has 4 N–H and O–H groups in total. The van der Waals surface area contributed by atoms with Crippen molar-refractivity contribution in [2.24, 2.45) is 5.16 Å². The number of rotatable bonds is 6. The fourth-order valence-corrected chi connectivity index (χ4v) is 2.91. The van der Waals surface area contributed by atoms with E-state index in [4.69, 9.17) is 9.84 Å². The Kier molecular flexibility index (Phi) is 14.3. The molecule has 14 heteroatoms. The van der Waals surface area contributed by atoms with Crippen molar-refractivity contribution in [1.29, 1.82) is 0 Å². The molecule has 0 bridgehead atoms. The van der Waals surface area contributed by atoms with Gasteiger partial charge < -0.3 is 29.7 Å². The first-order valence-corrected chi connectivity index (χ1v) is 8.20. The molecule has 1 aliphatic rings. The normalized spacial score (nSPS) is 30.7. The summed E-state index contributed by atoms with van der Waals surface area (Å²) in [6.45, 7) is 2.80. The Labute approximate surface area is 192 Å². The number of halogens is 1. The van der Waals surface area contributed by atoms with Gasteiger partial charge in [-0.05, 0) is 0 Å². The number of allylic oxidation sites excluding steroid dienone is 1. The topological polar surface area (TPSA) is 169 Å². The second kappa shape index (κ2) is 12.6. The van der Waals surface area contributed by atoms with Crippen LogP contribution in [0.3, 0.4) is 0 Å². The van der Waals surface area contributed by atoms with E-state index in [0.29, 0.717) is 11.8 Å². The summed E-state index contributed by atoms with van der Waals surface area (Å²) in [5.41, 5.74) is -1.17. The van der Waals surface area contributed by atoms with Crippen molar-refractivity contribution in [3.8, 4) is 0 Å². The maximum Gasteiger partial charge on any atom is 1.00 e. The molecule has 10 nitrogen and oxygen atoms in total. The van der Waals surface area contributed by atoms with Gasteiger partial charge in [-0.2, -0.15) is 8.42 Å². The Morgan fingerprint density at radius 2 is 1.92 bits per heavy atom. The Morgan fingerprint density at radius 1 is 1.33 bits per heavy atom. The Morgan fingerprint density at radius 3 is 2.38 bits per heavy atom. The van der Waals surface area contributed by atoms with E-state index < -0.39 is 46.9 Å². The predicted octanol–water partition coefficient (Wildman–Crippen LogP) is -4.69. The summed E-state index contributed by atoms with van der Waals surface area (Å²) in [5, 5.41) is 41.2. The fraction of sp³-hybridized carbons (Fsp3) is 0.700. The van der Waals surface area contributed by atoms with Gasteiger partial charge in [-0.15, -0.1) is 19.0 Å². The minimum absolute atomic E-state index is 0. The SMILES string of the molecule is C=CC/C(=N\OS(=O)(=O)[O-])S[C@@H]1O[C@H](CO)[C@@H](O)[C@H](O)[C@H]1O.Cl.[K+]. The molecule has 1 saturated heterocycles. The molecule has 5 atom stereocenters. The van der Waals surface area contributed by atoms with Gasteiger partial charge >= 0.3 is 51.4 Å². The van der Waals surface area contributed by atoms with E-state index in [2.05, 4.69) is 16.0 Å². The van der Waals surface area contributed by atoms with Crippen LogP contribution in [0.5, 0.6) is 0 Å². The number of hydrogen-bond donors (Lipinski definition) is 4. The molecule has 0 aromatic carbocycles. The van der Waals surface area contributed by atoms with Crippen molar-refractivity contribution in [3.63, 3.8) is 0 Å². The van der Waals surface area contributed by atoms with Gasteiger partial charge in [-0.25, -0.2) is 0 Å². The van der Waals surface area contributed by atoms with Crippen LogP contribution in [0.15, 0.2) is 17.8 Å². The first-order valence-electron chi connectivity index (χ1n) is 5.99. The molecule has 0 radical (unpaired) electrons. The van der Waals surface area contributed by atoms with Crippen molar-refractivity contribution >= 4 is 39.6 Å². The van der Waals surface area contributed by atoms with Gasteiger partial charge in [0.25, 0.3) is 10.4 Å². The zero-order chi connectivity index (χ0) is 16.9. The Hall–Kier alpha value is 1.20. The van der Waals surface area contributed by atoms with Crippen LogP contribution in [-0.4, -0.2) is 74.9 Å². The number of aliphatic hydroxyl groups is 4. The summed E-state index contributed by atoms with van der Waals surface area (Å²) >= 11 is 0.660. The summed E-state index contributed by atoms with van der Waals surface area (Å²) in [6, 6.07) is 0. The molecule has 0 amide bonds. The maximum absolute atomic E-state index is 10.4. The van der Waals surface area contributed by atoms with E-state index in [-0.39, 0.29) is 75.3 Å². The molecule has 0 spiro atoms. The molecular weight excluding hydrogens is 417 g/mol. The van der Waals surface area contributed by atoms with E-state index in [1.165, 1.54) is 6.08 Å². The number of thioether (sulfide) groups is 1. The van der Waals surface area contributed by atoms with E-state index >= 15 is 0 Å². The zero-order valence-corrected chi connectivity index (χ0v) is 18.2. The fourth-order valence-electron chi connectivity index (χ4n) is 1.62. The molecule has 1 heterocycles. The average molecular weight is 434 g/mol. The molecule has 136 valence electrons. The monoisotopic (exact) mass is 433 g/mol. The molecule has 0 aromatic rings. The number of ether oxygens (including phenoxy) is 1. The molecule has 0 unspecified atom stereocenters. The van der Waals surface area contributed by atoms with Crippen LogP contribution in [-0.2, 0) is 19.4 Å². The Bertz CT molecular complexity index is 518. The first-order chi connectivity index (χ1) is 10.2. The van der Waals surface area contributed by atoms with Gasteiger partial charge in [-0.1, -0.05) is 23.0 Å². The van der Waals surface area contributed by atoms with Crippen LogP contribution in [0, 0.1) is 0 Å². The maximum atomic E-state index is 10.4. The van der Waals surface area contributed by atoms with Gasteiger partial charge in [0.15, 0.2) is 0 Å². The minimum Gasteiger partial charge on any atom is -0.714 e. The zero-order valence-electron chi connectivity index (χ0n) is 12.6. The second-order valence-corrected chi connectivity index (χ2v) is 6.41. The van der Waals surface area contributed by atoms with Crippen LogP contribution in [0.4, 0.5) is 0 Å². The summed E-state index contributed by atoms with van der Waals surface area (Å²) in [7, 11) is -5.04.